The molecule has 0 saturated carbocycles. The van der Waals surface area contributed by atoms with Gasteiger partial charge in [0.15, 0.2) is 0 Å². The molecule has 1 N–H and O–H groups in total. The highest BCUT2D eigenvalue weighted by Crippen LogP contribution is 2.40. The van der Waals surface area contributed by atoms with Crippen LogP contribution >= 0.6 is 35.1 Å². The minimum atomic E-state index is -0.530. The predicted molar refractivity (Wildman–Crippen MR) is 76.0 cm³/mol. The van der Waals surface area contributed by atoms with Crippen LogP contribution in [-0.4, -0.2) is 36.9 Å². The van der Waals surface area contributed by atoms with E-state index in [2.05, 4.69) is 12.0 Å². The van der Waals surface area contributed by atoms with Crippen molar-refractivity contribution in [2.24, 2.45) is 0 Å². The maximum atomic E-state index is 10.5. The summed E-state index contributed by atoms with van der Waals surface area (Å²) in [5.41, 5.74) is 0.765. The molecule has 1 aromatic heterocycles. The summed E-state index contributed by atoms with van der Waals surface area (Å²) in [5, 5.41) is 15.9. The van der Waals surface area contributed by atoms with Gasteiger partial charge in [-0.2, -0.15) is 28.6 Å². The minimum Gasteiger partial charge on any atom is -0.386 e. The summed E-state index contributed by atoms with van der Waals surface area (Å²) < 4.78 is 1.79. The summed E-state index contributed by atoms with van der Waals surface area (Å²) in [7, 11) is 0. The molecule has 0 amide bonds. The van der Waals surface area contributed by atoms with E-state index in [1.807, 2.05) is 30.4 Å². The average Bonchev–Trinajstić information content (AvgIpc) is 2.70. The number of rotatable bonds is 3. The maximum absolute atomic E-state index is 10.5. The molecule has 3 unspecified atom stereocenters. The van der Waals surface area contributed by atoms with E-state index < -0.39 is 6.10 Å². The summed E-state index contributed by atoms with van der Waals surface area (Å²) >= 11 is 9.88. The van der Waals surface area contributed by atoms with Crippen LogP contribution in [-0.2, 0) is 6.54 Å². The number of thioether (sulfide) groups is 2. The molecule has 0 aliphatic carbocycles. The number of nitrogens with zero attached hydrogens (tertiary/aromatic N) is 2. The predicted octanol–water partition coefficient (Wildman–Crippen LogP) is 2.83. The molecule has 0 bridgehead atoms. The molecule has 0 radical (unpaired) electrons. The molecule has 96 valence electrons. The molecule has 6 heteroatoms. The van der Waals surface area contributed by atoms with Crippen molar-refractivity contribution in [2.45, 2.75) is 37.0 Å². The Hall–Kier alpha value is 0.160. The lowest BCUT2D eigenvalue weighted by Gasteiger charge is -2.31. The smallest absolute Gasteiger partial charge is 0.110 e. The monoisotopic (exact) mass is 292 g/mol. The Balaban J connectivity index is 2.22. The summed E-state index contributed by atoms with van der Waals surface area (Å²) in [6.07, 6.45) is 1.09. The first kappa shape index (κ1) is 13.6. The Bertz CT molecular complexity index is 386. The number of aromatic nitrogens is 2. The van der Waals surface area contributed by atoms with E-state index >= 15 is 0 Å². The number of aryl methyl sites for hydroxylation is 1. The molecule has 17 heavy (non-hydrogen) atoms. The van der Waals surface area contributed by atoms with Crippen molar-refractivity contribution in [1.82, 2.24) is 9.78 Å². The van der Waals surface area contributed by atoms with E-state index in [1.54, 1.807) is 10.9 Å². The van der Waals surface area contributed by atoms with Crippen LogP contribution in [0.4, 0.5) is 0 Å². The van der Waals surface area contributed by atoms with Crippen molar-refractivity contribution >= 4 is 35.1 Å². The number of aliphatic hydroxyl groups is 1. The van der Waals surface area contributed by atoms with Gasteiger partial charge in [0.1, 0.15) is 6.10 Å². The first-order valence-corrected chi connectivity index (χ1v) is 8.25. The molecule has 1 fully saturated rings. The van der Waals surface area contributed by atoms with Gasteiger partial charge in [0.25, 0.3) is 0 Å². The Morgan fingerprint density at radius 1 is 1.59 bits per heavy atom. The molecular weight excluding hydrogens is 276 g/mol. The summed E-state index contributed by atoms with van der Waals surface area (Å²) in [5.74, 6) is 2.25. The molecule has 0 spiro atoms. The second kappa shape index (κ2) is 5.87. The Labute approximate surface area is 115 Å². The van der Waals surface area contributed by atoms with E-state index in [4.69, 9.17) is 11.6 Å². The second-order valence-electron chi connectivity index (χ2n) is 4.05. The molecule has 2 heterocycles. The van der Waals surface area contributed by atoms with E-state index in [1.165, 1.54) is 0 Å². The fourth-order valence-corrected chi connectivity index (χ4v) is 5.13. The van der Waals surface area contributed by atoms with Crippen molar-refractivity contribution in [2.75, 3.05) is 11.5 Å². The van der Waals surface area contributed by atoms with Crippen molar-refractivity contribution in [3.05, 3.63) is 16.9 Å². The van der Waals surface area contributed by atoms with Gasteiger partial charge in [-0.15, -0.1) is 0 Å². The molecule has 1 saturated heterocycles. The van der Waals surface area contributed by atoms with Crippen LogP contribution in [0.1, 0.15) is 25.6 Å². The summed E-state index contributed by atoms with van der Waals surface area (Å²) in [6, 6.07) is 0. The van der Waals surface area contributed by atoms with Crippen molar-refractivity contribution in [3.8, 4) is 0 Å². The van der Waals surface area contributed by atoms with Crippen LogP contribution in [0.25, 0.3) is 0 Å². The topological polar surface area (TPSA) is 38.0 Å². The minimum absolute atomic E-state index is 0.202. The first-order chi connectivity index (χ1) is 8.15. The fraction of sp³-hybridized carbons (Fsp3) is 0.727. The normalized spacial score (nSPS) is 27.1. The third kappa shape index (κ3) is 2.78. The van der Waals surface area contributed by atoms with Gasteiger partial charge in [-0.1, -0.05) is 18.5 Å². The van der Waals surface area contributed by atoms with Gasteiger partial charge in [0.05, 0.1) is 16.9 Å². The van der Waals surface area contributed by atoms with Gasteiger partial charge in [-0.05, 0) is 6.92 Å². The lowest BCUT2D eigenvalue weighted by molar-refractivity contribution is 0.163. The van der Waals surface area contributed by atoms with E-state index in [-0.39, 0.29) is 5.25 Å². The summed E-state index contributed by atoms with van der Waals surface area (Å²) in [4.78, 5) is 0. The molecule has 1 aromatic rings. The van der Waals surface area contributed by atoms with Crippen LogP contribution in [0.2, 0.25) is 5.02 Å². The molecule has 2 rings (SSSR count). The highest BCUT2D eigenvalue weighted by molar-refractivity contribution is 8.07. The molecule has 3 atom stereocenters. The molecule has 3 nitrogen and oxygen atoms in total. The third-order valence-electron chi connectivity index (χ3n) is 2.96. The largest absolute Gasteiger partial charge is 0.386 e. The number of hydrogen-bond acceptors (Lipinski definition) is 4. The van der Waals surface area contributed by atoms with Crippen LogP contribution in [0.5, 0.6) is 0 Å². The van der Waals surface area contributed by atoms with Gasteiger partial charge in [0.2, 0.25) is 0 Å². The van der Waals surface area contributed by atoms with Gasteiger partial charge < -0.3 is 5.11 Å². The average molecular weight is 293 g/mol. The van der Waals surface area contributed by atoms with E-state index in [0.29, 0.717) is 10.3 Å². The highest BCUT2D eigenvalue weighted by Gasteiger charge is 2.33. The van der Waals surface area contributed by atoms with Gasteiger partial charge in [-0.25, -0.2) is 0 Å². The number of halogens is 1. The maximum Gasteiger partial charge on any atom is 0.110 e. The number of hydrogen-bond donors (Lipinski definition) is 1. The fourth-order valence-electron chi connectivity index (χ4n) is 2.07. The van der Waals surface area contributed by atoms with E-state index in [0.717, 1.165) is 23.7 Å². The second-order valence-corrected chi connectivity index (χ2v) is 7.23. The van der Waals surface area contributed by atoms with Crippen molar-refractivity contribution < 1.29 is 5.11 Å². The van der Waals surface area contributed by atoms with Gasteiger partial charge >= 0.3 is 0 Å². The Kier molecular flexibility index (Phi) is 4.69. The molecule has 1 aliphatic rings. The lowest BCUT2D eigenvalue weighted by Crippen LogP contribution is -2.30. The zero-order chi connectivity index (χ0) is 12.4. The van der Waals surface area contributed by atoms with Crippen molar-refractivity contribution in [1.29, 1.82) is 0 Å². The zero-order valence-electron chi connectivity index (χ0n) is 9.97. The van der Waals surface area contributed by atoms with Crippen LogP contribution in [0.3, 0.4) is 0 Å². The van der Waals surface area contributed by atoms with Crippen molar-refractivity contribution in [3.63, 3.8) is 0 Å². The lowest BCUT2D eigenvalue weighted by atomic mass is 10.1. The summed E-state index contributed by atoms with van der Waals surface area (Å²) in [6.45, 7) is 4.91. The zero-order valence-corrected chi connectivity index (χ0v) is 12.4. The molecular formula is C11H17ClN2OS2. The highest BCUT2D eigenvalue weighted by atomic mass is 35.5. The SMILES string of the molecule is CCn1ncc(Cl)c1C(O)C1SCCSC1C. The standard InChI is InChI=1S/C11H17ClN2OS2/c1-3-14-9(8(12)6-13-14)10(15)11-7(2)16-4-5-17-11/h6-7,10-11,15H,3-5H2,1-2H3. The van der Waals surface area contributed by atoms with E-state index in [9.17, 15) is 5.11 Å². The Morgan fingerprint density at radius 2 is 2.29 bits per heavy atom. The number of aliphatic hydroxyl groups excluding tert-OH is 1. The van der Waals surface area contributed by atoms with Crippen LogP contribution in [0, 0.1) is 0 Å². The third-order valence-corrected chi connectivity index (χ3v) is 6.43. The first-order valence-electron chi connectivity index (χ1n) is 5.77. The molecule has 0 aromatic carbocycles. The Morgan fingerprint density at radius 3 is 2.94 bits per heavy atom. The van der Waals surface area contributed by atoms with Crippen LogP contribution < -0.4 is 0 Å². The van der Waals surface area contributed by atoms with Gasteiger partial charge in [0, 0.05) is 28.6 Å². The van der Waals surface area contributed by atoms with Crippen LogP contribution in [0.15, 0.2) is 6.20 Å². The molecule has 1 aliphatic heterocycles. The quantitative estimate of drug-likeness (QED) is 0.930. The van der Waals surface area contributed by atoms with Gasteiger partial charge in [-0.3, -0.25) is 4.68 Å².